The lowest BCUT2D eigenvalue weighted by Crippen LogP contribution is -2.42. The average molecular weight is 289 g/mol. The molecule has 0 aliphatic rings. The molecule has 1 aromatic carbocycles. The summed E-state index contributed by atoms with van der Waals surface area (Å²) in [5.41, 5.74) is 1.02. The van der Waals surface area contributed by atoms with Crippen molar-refractivity contribution in [2.75, 3.05) is 0 Å². The Hall–Kier alpha value is -2.01. The average Bonchev–Trinajstić information content (AvgIpc) is 2.90. The minimum Gasteiger partial charge on any atom is -0.504 e. The van der Waals surface area contributed by atoms with Gasteiger partial charge in [0.15, 0.2) is 11.5 Å². The van der Waals surface area contributed by atoms with Crippen LogP contribution in [0.3, 0.4) is 0 Å². The highest BCUT2D eigenvalue weighted by atomic mass is 16.3. The third-order valence-electron chi connectivity index (χ3n) is 3.59. The number of hydrogen-bond acceptors (Lipinski definition) is 4. The normalized spacial score (nSPS) is 13.3. The summed E-state index contributed by atoms with van der Waals surface area (Å²) < 4.78 is 2.05. The molecule has 0 bridgehead atoms. The van der Waals surface area contributed by atoms with Crippen LogP contribution < -0.4 is 5.32 Å². The van der Waals surface area contributed by atoms with Gasteiger partial charge in [0.1, 0.15) is 0 Å². The smallest absolute Gasteiger partial charge is 0.157 e. The summed E-state index contributed by atoms with van der Waals surface area (Å²) in [5.74, 6) is -0.180. The van der Waals surface area contributed by atoms with Gasteiger partial charge in [-0.15, -0.1) is 0 Å². The first kappa shape index (κ1) is 15.4. The largest absolute Gasteiger partial charge is 0.504 e. The summed E-state index contributed by atoms with van der Waals surface area (Å²) in [5, 5.41) is 22.4. The van der Waals surface area contributed by atoms with Crippen LogP contribution in [0.4, 0.5) is 0 Å². The van der Waals surface area contributed by atoms with Crippen molar-refractivity contribution in [3.05, 3.63) is 42.5 Å². The number of phenols is 2. The van der Waals surface area contributed by atoms with E-state index in [4.69, 9.17) is 0 Å². The minimum absolute atomic E-state index is 0.0865. The molecule has 0 aliphatic carbocycles. The molecule has 114 valence electrons. The van der Waals surface area contributed by atoms with Crippen molar-refractivity contribution in [3.8, 4) is 11.5 Å². The predicted octanol–water partition coefficient (Wildman–Crippen LogP) is 2.50. The number of nitrogens with zero attached hydrogens (tertiary/aromatic N) is 2. The van der Waals surface area contributed by atoms with E-state index in [2.05, 4.69) is 35.6 Å². The van der Waals surface area contributed by atoms with Gasteiger partial charge in [0.25, 0.3) is 0 Å². The number of aromatic nitrogens is 2. The highest BCUT2D eigenvalue weighted by molar-refractivity contribution is 5.40. The second kappa shape index (κ2) is 6.18. The molecule has 0 saturated carbocycles. The molecule has 1 heterocycles. The van der Waals surface area contributed by atoms with Gasteiger partial charge in [-0.25, -0.2) is 4.98 Å². The van der Waals surface area contributed by atoms with Gasteiger partial charge in [0.2, 0.25) is 0 Å². The van der Waals surface area contributed by atoms with Crippen LogP contribution >= 0.6 is 0 Å². The Bertz CT molecular complexity index is 574. The van der Waals surface area contributed by atoms with Gasteiger partial charge in [-0.3, -0.25) is 0 Å². The van der Waals surface area contributed by atoms with Crippen LogP contribution in [-0.4, -0.2) is 25.8 Å². The molecular weight excluding hydrogens is 266 g/mol. The van der Waals surface area contributed by atoms with E-state index in [1.807, 2.05) is 12.5 Å². The fourth-order valence-electron chi connectivity index (χ4n) is 2.17. The van der Waals surface area contributed by atoms with E-state index in [0.29, 0.717) is 6.54 Å². The van der Waals surface area contributed by atoms with Crippen LogP contribution in [0.2, 0.25) is 0 Å². The second-order valence-corrected chi connectivity index (χ2v) is 6.38. The summed E-state index contributed by atoms with van der Waals surface area (Å²) in [6.07, 6.45) is 5.54. The number of hydrogen-bond donors (Lipinski definition) is 3. The lowest BCUT2D eigenvalue weighted by Gasteiger charge is -2.32. The Labute approximate surface area is 125 Å². The van der Waals surface area contributed by atoms with Crippen LogP contribution in [-0.2, 0) is 13.1 Å². The maximum Gasteiger partial charge on any atom is 0.157 e. The summed E-state index contributed by atoms with van der Waals surface area (Å²) in [7, 11) is 0. The molecule has 1 unspecified atom stereocenters. The number of aromatic hydroxyl groups is 2. The molecule has 2 rings (SSSR count). The van der Waals surface area contributed by atoms with E-state index in [1.165, 1.54) is 6.07 Å². The Morgan fingerprint density at radius 1 is 1.24 bits per heavy atom. The number of phenolic OH excluding ortho intramolecular Hbond substituents is 2. The summed E-state index contributed by atoms with van der Waals surface area (Å²) >= 11 is 0. The van der Waals surface area contributed by atoms with Gasteiger partial charge in [-0.2, -0.15) is 0 Å². The molecule has 0 amide bonds. The first-order valence-electron chi connectivity index (χ1n) is 7.06. The molecule has 3 N–H and O–H groups in total. The maximum atomic E-state index is 9.54. The summed E-state index contributed by atoms with van der Waals surface area (Å²) in [6.45, 7) is 8.03. The second-order valence-electron chi connectivity index (χ2n) is 6.38. The van der Waals surface area contributed by atoms with Crippen molar-refractivity contribution >= 4 is 0 Å². The van der Waals surface area contributed by atoms with E-state index in [-0.39, 0.29) is 23.0 Å². The Morgan fingerprint density at radius 2 is 2.00 bits per heavy atom. The molecule has 5 nitrogen and oxygen atoms in total. The predicted molar refractivity (Wildman–Crippen MR) is 82.1 cm³/mol. The Kier molecular flexibility index (Phi) is 4.53. The van der Waals surface area contributed by atoms with Crippen LogP contribution in [0.25, 0.3) is 0 Å². The first-order valence-corrected chi connectivity index (χ1v) is 7.06. The topological polar surface area (TPSA) is 70.3 Å². The van der Waals surface area contributed by atoms with Crippen molar-refractivity contribution in [3.63, 3.8) is 0 Å². The van der Waals surface area contributed by atoms with Crippen LogP contribution in [0.1, 0.15) is 26.3 Å². The fourth-order valence-corrected chi connectivity index (χ4v) is 2.17. The highest BCUT2D eigenvalue weighted by Gasteiger charge is 2.24. The Balaban J connectivity index is 2.03. The standard InChI is InChI=1S/C16H23N3O2/c1-16(2,3)15(10-19-7-6-17-11-19)18-9-12-4-5-13(20)14(21)8-12/h4-8,11,15,18,20-21H,9-10H2,1-3H3. The molecular formula is C16H23N3O2. The maximum absolute atomic E-state index is 9.54. The molecule has 0 saturated heterocycles. The van der Waals surface area contributed by atoms with Gasteiger partial charge in [0, 0.05) is 31.5 Å². The number of rotatable bonds is 5. The zero-order chi connectivity index (χ0) is 15.5. The van der Waals surface area contributed by atoms with E-state index in [1.54, 1.807) is 18.3 Å². The molecule has 2 aromatic rings. The van der Waals surface area contributed by atoms with Gasteiger partial charge in [0.05, 0.1) is 6.33 Å². The zero-order valence-electron chi connectivity index (χ0n) is 12.7. The third-order valence-corrected chi connectivity index (χ3v) is 3.59. The van der Waals surface area contributed by atoms with Gasteiger partial charge < -0.3 is 20.1 Å². The third kappa shape index (κ3) is 4.23. The lowest BCUT2D eigenvalue weighted by molar-refractivity contribution is 0.240. The van der Waals surface area contributed by atoms with E-state index in [9.17, 15) is 10.2 Å². The van der Waals surface area contributed by atoms with Crippen molar-refractivity contribution in [1.29, 1.82) is 0 Å². The van der Waals surface area contributed by atoms with E-state index >= 15 is 0 Å². The summed E-state index contributed by atoms with van der Waals surface area (Å²) in [4.78, 5) is 4.07. The number of imidazole rings is 1. The molecule has 0 radical (unpaired) electrons. The van der Waals surface area contributed by atoms with Crippen molar-refractivity contribution in [1.82, 2.24) is 14.9 Å². The molecule has 1 aromatic heterocycles. The van der Waals surface area contributed by atoms with Crippen LogP contribution in [0.15, 0.2) is 36.9 Å². The molecule has 0 spiro atoms. The molecule has 1 atom stereocenters. The highest BCUT2D eigenvalue weighted by Crippen LogP contribution is 2.26. The molecule has 21 heavy (non-hydrogen) atoms. The molecule has 0 fully saturated rings. The van der Waals surface area contributed by atoms with Gasteiger partial charge in [-0.1, -0.05) is 26.8 Å². The van der Waals surface area contributed by atoms with Gasteiger partial charge >= 0.3 is 0 Å². The lowest BCUT2D eigenvalue weighted by atomic mass is 9.86. The van der Waals surface area contributed by atoms with Crippen molar-refractivity contribution in [2.45, 2.75) is 39.9 Å². The van der Waals surface area contributed by atoms with Crippen molar-refractivity contribution < 1.29 is 10.2 Å². The zero-order valence-corrected chi connectivity index (χ0v) is 12.7. The fraction of sp³-hybridized carbons (Fsp3) is 0.438. The Morgan fingerprint density at radius 3 is 2.57 bits per heavy atom. The minimum atomic E-state index is -0.0930. The molecule has 0 aliphatic heterocycles. The van der Waals surface area contributed by atoms with Crippen LogP contribution in [0, 0.1) is 5.41 Å². The number of nitrogens with one attached hydrogen (secondary N) is 1. The number of benzene rings is 1. The van der Waals surface area contributed by atoms with Crippen molar-refractivity contribution in [2.24, 2.45) is 5.41 Å². The monoisotopic (exact) mass is 289 g/mol. The summed E-state index contributed by atoms with van der Waals surface area (Å²) in [6, 6.07) is 5.15. The SMILES string of the molecule is CC(C)(C)C(Cn1ccnc1)NCc1ccc(O)c(O)c1. The molecule has 5 heteroatoms. The van der Waals surface area contributed by atoms with E-state index < -0.39 is 0 Å². The van der Waals surface area contributed by atoms with E-state index in [0.717, 1.165) is 12.1 Å². The van der Waals surface area contributed by atoms with Gasteiger partial charge in [-0.05, 0) is 23.1 Å². The quantitative estimate of drug-likeness (QED) is 0.740. The first-order chi connectivity index (χ1) is 9.86. The van der Waals surface area contributed by atoms with Crippen LogP contribution in [0.5, 0.6) is 11.5 Å².